The average Bonchev–Trinajstić information content (AvgIpc) is 3.41. The number of Topliss-reactive ketones (excluding diaryl/α,β-unsaturated/α-hetero) is 1. The van der Waals surface area contributed by atoms with Gasteiger partial charge in [0, 0.05) is 12.1 Å². The van der Waals surface area contributed by atoms with Crippen LogP contribution in [0.15, 0.2) is 18.2 Å². The van der Waals surface area contributed by atoms with Gasteiger partial charge in [0.2, 0.25) is 5.91 Å². The topological polar surface area (TPSA) is 95.9 Å². The normalized spacial score (nSPS) is 25.9. The van der Waals surface area contributed by atoms with Crippen LogP contribution in [-0.2, 0) is 14.3 Å². The number of nitrogens with one attached hydrogen (secondary N) is 1. The minimum absolute atomic E-state index is 0.0145. The lowest BCUT2D eigenvalue weighted by Crippen LogP contribution is -2.53. The fourth-order valence-electron chi connectivity index (χ4n) is 5.06. The zero-order valence-electron chi connectivity index (χ0n) is 17.0. The van der Waals surface area contributed by atoms with Crippen LogP contribution in [-0.4, -0.2) is 58.9 Å². The van der Waals surface area contributed by atoms with Crippen molar-refractivity contribution in [1.29, 1.82) is 0 Å². The first kappa shape index (κ1) is 20.8. The molecular formula is C22H27FN2O5. The molecule has 3 fully saturated rings. The lowest BCUT2D eigenvalue weighted by molar-refractivity contribution is -0.138. The van der Waals surface area contributed by atoms with Crippen molar-refractivity contribution in [3.05, 3.63) is 29.6 Å². The fourth-order valence-corrected chi connectivity index (χ4v) is 5.06. The Morgan fingerprint density at radius 2 is 2.10 bits per heavy atom. The Bertz CT molecular complexity index is 867. The first-order chi connectivity index (χ1) is 14.3. The van der Waals surface area contributed by atoms with Gasteiger partial charge in [-0.3, -0.25) is 14.4 Å². The van der Waals surface area contributed by atoms with Crippen LogP contribution >= 0.6 is 0 Å². The first-order valence-electron chi connectivity index (χ1n) is 10.5. The molecule has 0 aromatic heterocycles. The number of carbonyl (C=O) groups excluding carboxylic acids is 3. The number of ketones is 1. The average molecular weight is 418 g/mol. The molecule has 1 aromatic rings. The number of likely N-dealkylation sites (tertiary alicyclic amines) is 1. The van der Waals surface area contributed by atoms with Gasteiger partial charge in [0.15, 0.2) is 17.3 Å². The number of benzene rings is 1. The van der Waals surface area contributed by atoms with Gasteiger partial charge < -0.3 is 20.1 Å². The highest BCUT2D eigenvalue weighted by molar-refractivity contribution is 5.99. The molecule has 4 rings (SSSR count). The van der Waals surface area contributed by atoms with Crippen LogP contribution in [0.4, 0.5) is 4.39 Å². The van der Waals surface area contributed by atoms with Crippen molar-refractivity contribution in [2.75, 3.05) is 13.2 Å². The Hall–Kier alpha value is -2.48. The van der Waals surface area contributed by atoms with Crippen molar-refractivity contribution < 1.29 is 28.6 Å². The Morgan fingerprint density at radius 3 is 2.80 bits per heavy atom. The second-order valence-electron chi connectivity index (χ2n) is 9.00. The van der Waals surface area contributed by atoms with Gasteiger partial charge in [-0.25, -0.2) is 4.39 Å². The standard InChI is InChI=1S/C22H27FN2O5/c1-22(7-2-3-8-22)11-15(24-20(28)13-4-5-16(26)14(23)10-13)21(29)25-9-6-18-19(25)17(27)12-30-18/h4-5,10,15,18-19,26H,2-3,6-9,11-12H2,1H3,(H,24,28)/t15-,18?,19+/m0/s1. The third-order valence-corrected chi connectivity index (χ3v) is 6.72. The van der Waals surface area contributed by atoms with Crippen LogP contribution in [0.2, 0.25) is 0 Å². The van der Waals surface area contributed by atoms with E-state index in [9.17, 15) is 23.9 Å². The number of fused-ring (bicyclic) bond motifs is 1. The van der Waals surface area contributed by atoms with E-state index in [2.05, 4.69) is 12.2 Å². The van der Waals surface area contributed by atoms with Gasteiger partial charge in [-0.1, -0.05) is 19.8 Å². The molecule has 2 saturated heterocycles. The Kier molecular flexibility index (Phi) is 5.53. The smallest absolute Gasteiger partial charge is 0.252 e. The Balaban J connectivity index is 1.56. The number of aromatic hydroxyl groups is 1. The molecule has 0 radical (unpaired) electrons. The summed E-state index contributed by atoms with van der Waals surface area (Å²) < 4.78 is 19.2. The number of nitrogens with zero attached hydrogens (tertiary/aromatic N) is 1. The highest BCUT2D eigenvalue weighted by Gasteiger charge is 2.48. The van der Waals surface area contributed by atoms with E-state index in [-0.39, 0.29) is 35.4 Å². The Morgan fingerprint density at radius 1 is 1.37 bits per heavy atom. The fraction of sp³-hybridized carbons (Fsp3) is 0.591. The maximum atomic E-state index is 13.7. The second-order valence-corrected chi connectivity index (χ2v) is 9.00. The van der Waals surface area contributed by atoms with Gasteiger partial charge in [-0.2, -0.15) is 0 Å². The van der Waals surface area contributed by atoms with Crippen LogP contribution in [0.5, 0.6) is 5.75 Å². The van der Waals surface area contributed by atoms with Gasteiger partial charge >= 0.3 is 0 Å². The highest BCUT2D eigenvalue weighted by atomic mass is 19.1. The lowest BCUT2D eigenvalue weighted by atomic mass is 9.81. The van der Waals surface area contributed by atoms with Gasteiger partial charge in [0.05, 0.1) is 6.10 Å². The second kappa shape index (κ2) is 7.98. The van der Waals surface area contributed by atoms with Crippen molar-refractivity contribution in [2.45, 2.75) is 63.6 Å². The zero-order valence-corrected chi connectivity index (χ0v) is 17.0. The van der Waals surface area contributed by atoms with Crippen molar-refractivity contribution >= 4 is 17.6 Å². The predicted octanol–water partition coefficient (Wildman–Crippen LogP) is 2.17. The van der Waals surface area contributed by atoms with E-state index in [1.54, 1.807) is 4.90 Å². The van der Waals surface area contributed by atoms with E-state index in [1.807, 2.05) is 0 Å². The van der Waals surface area contributed by atoms with Crippen LogP contribution in [0.25, 0.3) is 0 Å². The van der Waals surface area contributed by atoms with Crippen molar-refractivity contribution in [3.8, 4) is 5.75 Å². The summed E-state index contributed by atoms with van der Waals surface area (Å²) in [6.07, 6.45) is 4.88. The molecule has 1 saturated carbocycles. The molecule has 2 amide bonds. The van der Waals surface area contributed by atoms with E-state index in [0.29, 0.717) is 19.4 Å². The molecule has 7 nitrogen and oxygen atoms in total. The highest BCUT2D eigenvalue weighted by Crippen LogP contribution is 2.42. The molecule has 0 spiro atoms. The molecular weight excluding hydrogens is 391 g/mol. The Labute approximate surface area is 174 Å². The van der Waals surface area contributed by atoms with E-state index in [0.717, 1.165) is 37.8 Å². The van der Waals surface area contributed by atoms with Crippen LogP contribution in [0.3, 0.4) is 0 Å². The molecule has 1 aromatic carbocycles. The summed E-state index contributed by atoms with van der Waals surface area (Å²) in [5.41, 5.74) is -0.0532. The number of amides is 2. The predicted molar refractivity (Wildman–Crippen MR) is 105 cm³/mol. The number of halogens is 1. The van der Waals surface area contributed by atoms with Crippen molar-refractivity contribution in [1.82, 2.24) is 10.2 Å². The largest absolute Gasteiger partial charge is 0.505 e. The van der Waals surface area contributed by atoms with E-state index in [1.165, 1.54) is 6.07 Å². The number of phenols is 1. The van der Waals surface area contributed by atoms with E-state index in [4.69, 9.17) is 4.74 Å². The number of hydrogen-bond donors (Lipinski definition) is 2. The first-order valence-corrected chi connectivity index (χ1v) is 10.5. The molecule has 3 aliphatic rings. The third kappa shape index (κ3) is 3.93. The maximum Gasteiger partial charge on any atom is 0.252 e. The van der Waals surface area contributed by atoms with E-state index < -0.39 is 29.6 Å². The molecule has 2 aliphatic heterocycles. The quantitative estimate of drug-likeness (QED) is 0.764. The molecule has 162 valence electrons. The molecule has 30 heavy (non-hydrogen) atoms. The number of hydrogen-bond acceptors (Lipinski definition) is 5. The van der Waals surface area contributed by atoms with Gasteiger partial charge in [0.1, 0.15) is 18.7 Å². The number of carbonyl (C=O) groups is 3. The van der Waals surface area contributed by atoms with Gasteiger partial charge in [-0.05, 0) is 49.3 Å². The summed E-state index contributed by atoms with van der Waals surface area (Å²) in [5.74, 6) is -2.42. The molecule has 2 heterocycles. The van der Waals surface area contributed by atoms with Crippen molar-refractivity contribution in [2.24, 2.45) is 5.41 Å². The summed E-state index contributed by atoms with van der Waals surface area (Å²) in [6.45, 7) is 2.54. The van der Waals surface area contributed by atoms with Crippen LogP contribution in [0, 0.1) is 11.2 Å². The van der Waals surface area contributed by atoms with Gasteiger partial charge in [-0.15, -0.1) is 0 Å². The summed E-state index contributed by atoms with van der Waals surface area (Å²) >= 11 is 0. The summed E-state index contributed by atoms with van der Waals surface area (Å²) in [5, 5.41) is 12.1. The van der Waals surface area contributed by atoms with Crippen LogP contribution in [0.1, 0.15) is 55.8 Å². The lowest BCUT2D eigenvalue weighted by Gasteiger charge is -2.33. The summed E-state index contributed by atoms with van der Waals surface area (Å²) in [7, 11) is 0. The molecule has 3 atom stereocenters. The van der Waals surface area contributed by atoms with Crippen LogP contribution < -0.4 is 5.32 Å². The number of ether oxygens (including phenoxy) is 1. The molecule has 0 bridgehead atoms. The number of rotatable bonds is 5. The zero-order chi connectivity index (χ0) is 21.5. The minimum Gasteiger partial charge on any atom is -0.505 e. The monoisotopic (exact) mass is 418 g/mol. The summed E-state index contributed by atoms with van der Waals surface area (Å²) in [4.78, 5) is 40.0. The molecule has 2 N–H and O–H groups in total. The minimum atomic E-state index is -0.899. The van der Waals surface area contributed by atoms with E-state index >= 15 is 0 Å². The molecule has 8 heteroatoms. The summed E-state index contributed by atoms with van der Waals surface area (Å²) in [6, 6.07) is 1.97. The SMILES string of the molecule is CC1(C[C@H](NC(=O)c2ccc(O)c(F)c2)C(=O)N2CCC3OCC(=O)[C@H]32)CCCC1. The molecule has 1 unspecified atom stereocenters. The third-order valence-electron chi connectivity index (χ3n) is 6.72. The van der Waals surface area contributed by atoms with Crippen molar-refractivity contribution in [3.63, 3.8) is 0 Å². The molecule has 1 aliphatic carbocycles. The maximum absolute atomic E-state index is 13.7. The number of phenolic OH excluding ortho intramolecular Hbond substituents is 1. The van der Waals surface area contributed by atoms with Gasteiger partial charge in [0.25, 0.3) is 5.91 Å².